The van der Waals surface area contributed by atoms with Gasteiger partial charge in [0.25, 0.3) is 0 Å². The van der Waals surface area contributed by atoms with Gasteiger partial charge in [-0.15, -0.1) is 23.1 Å². The molecular formula is C20H24N2O2S2. The molecule has 0 aliphatic carbocycles. The number of thiophene rings is 1. The Morgan fingerprint density at radius 2 is 2.00 bits per heavy atom. The molecule has 2 atom stereocenters. The van der Waals surface area contributed by atoms with Gasteiger partial charge in [0, 0.05) is 28.4 Å². The molecule has 0 spiro atoms. The van der Waals surface area contributed by atoms with Crippen LogP contribution in [0.25, 0.3) is 0 Å². The maximum Gasteiger partial charge on any atom is 0.227 e. The van der Waals surface area contributed by atoms with Crippen molar-refractivity contribution in [2.24, 2.45) is 11.8 Å². The first-order chi connectivity index (χ1) is 12.5. The highest BCUT2D eigenvalue weighted by Crippen LogP contribution is 2.30. The second kappa shape index (κ2) is 8.27. The summed E-state index contributed by atoms with van der Waals surface area (Å²) in [6.45, 7) is 4.65. The summed E-state index contributed by atoms with van der Waals surface area (Å²) >= 11 is 3.32. The Hall–Kier alpha value is -1.79. The molecule has 3 rings (SSSR count). The van der Waals surface area contributed by atoms with Crippen molar-refractivity contribution >= 4 is 40.6 Å². The second-order valence-electron chi connectivity index (χ2n) is 6.85. The number of benzene rings is 1. The van der Waals surface area contributed by atoms with Crippen LogP contribution in [0.15, 0.2) is 46.7 Å². The Bertz CT molecular complexity index is 757. The van der Waals surface area contributed by atoms with Gasteiger partial charge in [0.2, 0.25) is 11.8 Å². The maximum atomic E-state index is 12.8. The predicted octanol–water partition coefficient (Wildman–Crippen LogP) is 4.34. The fourth-order valence-corrected chi connectivity index (χ4v) is 4.56. The molecule has 4 nitrogen and oxygen atoms in total. The van der Waals surface area contributed by atoms with E-state index in [1.165, 1.54) is 0 Å². The molecule has 1 aromatic heterocycles. The van der Waals surface area contributed by atoms with Crippen LogP contribution in [0.3, 0.4) is 0 Å². The van der Waals surface area contributed by atoms with Gasteiger partial charge in [-0.25, -0.2) is 0 Å². The van der Waals surface area contributed by atoms with E-state index in [2.05, 4.69) is 25.2 Å². The summed E-state index contributed by atoms with van der Waals surface area (Å²) in [6, 6.07) is 12.0. The van der Waals surface area contributed by atoms with Crippen molar-refractivity contribution < 1.29 is 9.59 Å². The summed E-state index contributed by atoms with van der Waals surface area (Å²) in [5.74, 6) is -0.0261. The highest BCUT2D eigenvalue weighted by molar-refractivity contribution is 7.98. The third-order valence-electron chi connectivity index (χ3n) is 4.69. The molecule has 138 valence electrons. The third-order valence-corrected chi connectivity index (χ3v) is 6.39. The first-order valence-corrected chi connectivity index (χ1v) is 10.9. The van der Waals surface area contributed by atoms with Crippen molar-refractivity contribution in [2.75, 3.05) is 17.7 Å². The third kappa shape index (κ3) is 4.13. The molecule has 1 aromatic carbocycles. The standard InChI is InChI=1S/C20H24N2O2S2/c1-13(2)19(17-5-4-10-26-17)21-20(24)14-11-18(23)22(12-14)15-6-8-16(25-3)9-7-15/h4-10,13-14,19H,11-12H2,1-3H3,(H,21,24). The van der Waals surface area contributed by atoms with Gasteiger partial charge in [0.1, 0.15) is 0 Å². The van der Waals surface area contributed by atoms with Crippen LogP contribution < -0.4 is 10.2 Å². The van der Waals surface area contributed by atoms with E-state index in [4.69, 9.17) is 0 Å². The average Bonchev–Trinajstić information content (AvgIpc) is 3.29. The highest BCUT2D eigenvalue weighted by Gasteiger charge is 2.36. The van der Waals surface area contributed by atoms with Crippen molar-refractivity contribution in [3.8, 4) is 0 Å². The minimum absolute atomic E-state index is 0.00693. The normalized spacial score (nSPS) is 18.4. The van der Waals surface area contributed by atoms with Gasteiger partial charge in [0.05, 0.1) is 12.0 Å². The lowest BCUT2D eigenvalue weighted by Crippen LogP contribution is -2.37. The lowest BCUT2D eigenvalue weighted by Gasteiger charge is -2.23. The Morgan fingerprint density at radius 3 is 2.58 bits per heavy atom. The molecule has 0 radical (unpaired) electrons. The number of carbonyl (C=O) groups is 2. The van der Waals surface area contributed by atoms with Gasteiger partial charge < -0.3 is 10.2 Å². The average molecular weight is 389 g/mol. The summed E-state index contributed by atoms with van der Waals surface area (Å²) < 4.78 is 0. The van der Waals surface area contributed by atoms with Crippen molar-refractivity contribution in [3.63, 3.8) is 0 Å². The van der Waals surface area contributed by atoms with Gasteiger partial charge in [-0.05, 0) is 47.9 Å². The van der Waals surface area contributed by atoms with E-state index in [0.29, 0.717) is 12.5 Å². The molecule has 0 bridgehead atoms. The topological polar surface area (TPSA) is 49.4 Å². The van der Waals surface area contributed by atoms with Gasteiger partial charge in [0.15, 0.2) is 0 Å². The van der Waals surface area contributed by atoms with Crippen LogP contribution in [0.4, 0.5) is 5.69 Å². The first kappa shape index (κ1) is 19.0. The van der Waals surface area contributed by atoms with E-state index in [-0.39, 0.29) is 30.2 Å². The predicted molar refractivity (Wildman–Crippen MR) is 109 cm³/mol. The van der Waals surface area contributed by atoms with Crippen molar-refractivity contribution in [3.05, 3.63) is 46.7 Å². The van der Waals surface area contributed by atoms with Crippen LogP contribution in [0.1, 0.15) is 31.2 Å². The van der Waals surface area contributed by atoms with Gasteiger partial charge in [-0.1, -0.05) is 19.9 Å². The number of nitrogens with one attached hydrogen (secondary N) is 1. The van der Waals surface area contributed by atoms with E-state index < -0.39 is 0 Å². The van der Waals surface area contributed by atoms with Crippen LogP contribution in [-0.2, 0) is 9.59 Å². The van der Waals surface area contributed by atoms with E-state index in [1.54, 1.807) is 28.0 Å². The van der Waals surface area contributed by atoms with E-state index in [0.717, 1.165) is 15.5 Å². The summed E-state index contributed by atoms with van der Waals surface area (Å²) in [5, 5.41) is 5.18. The zero-order chi connectivity index (χ0) is 18.7. The second-order valence-corrected chi connectivity index (χ2v) is 8.71. The quantitative estimate of drug-likeness (QED) is 0.749. The van der Waals surface area contributed by atoms with Crippen LogP contribution in [0.5, 0.6) is 0 Å². The Labute approximate surface area is 163 Å². The molecule has 1 saturated heterocycles. The van der Waals surface area contributed by atoms with Crippen LogP contribution in [0.2, 0.25) is 0 Å². The fourth-order valence-electron chi connectivity index (χ4n) is 3.20. The minimum atomic E-state index is -0.302. The van der Waals surface area contributed by atoms with Crippen LogP contribution >= 0.6 is 23.1 Å². The van der Waals surface area contributed by atoms with Gasteiger partial charge >= 0.3 is 0 Å². The Morgan fingerprint density at radius 1 is 1.27 bits per heavy atom. The maximum absolute atomic E-state index is 12.8. The summed E-state index contributed by atoms with van der Waals surface area (Å²) in [7, 11) is 0. The first-order valence-electron chi connectivity index (χ1n) is 8.77. The lowest BCUT2D eigenvalue weighted by atomic mass is 10.0. The molecule has 6 heteroatoms. The van der Waals surface area contributed by atoms with Crippen LogP contribution in [-0.4, -0.2) is 24.6 Å². The Balaban J connectivity index is 1.68. The zero-order valence-electron chi connectivity index (χ0n) is 15.3. The molecule has 1 aliphatic rings. The van der Waals surface area contributed by atoms with E-state index in [9.17, 15) is 9.59 Å². The molecule has 2 heterocycles. The molecule has 26 heavy (non-hydrogen) atoms. The van der Waals surface area contributed by atoms with Crippen molar-refractivity contribution in [1.29, 1.82) is 0 Å². The molecule has 1 N–H and O–H groups in total. The minimum Gasteiger partial charge on any atom is -0.348 e. The summed E-state index contributed by atoms with van der Waals surface area (Å²) in [5.41, 5.74) is 0.863. The molecular weight excluding hydrogens is 364 g/mol. The number of amides is 2. The van der Waals surface area contributed by atoms with E-state index in [1.807, 2.05) is 42.0 Å². The largest absolute Gasteiger partial charge is 0.348 e. The zero-order valence-corrected chi connectivity index (χ0v) is 16.9. The highest BCUT2D eigenvalue weighted by atomic mass is 32.2. The molecule has 2 amide bonds. The smallest absolute Gasteiger partial charge is 0.227 e. The van der Waals surface area contributed by atoms with Crippen molar-refractivity contribution in [1.82, 2.24) is 5.32 Å². The Kier molecular flexibility index (Phi) is 6.04. The van der Waals surface area contributed by atoms with Gasteiger partial charge in [-0.2, -0.15) is 0 Å². The number of hydrogen-bond donors (Lipinski definition) is 1. The number of carbonyl (C=O) groups excluding carboxylic acids is 2. The molecule has 0 saturated carbocycles. The summed E-state index contributed by atoms with van der Waals surface area (Å²) in [6.07, 6.45) is 2.29. The monoisotopic (exact) mass is 388 g/mol. The van der Waals surface area contributed by atoms with E-state index >= 15 is 0 Å². The fraction of sp³-hybridized carbons (Fsp3) is 0.400. The number of thioether (sulfide) groups is 1. The molecule has 2 aromatic rings. The number of rotatable bonds is 6. The lowest BCUT2D eigenvalue weighted by molar-refractivity contribution is -0.127. The SMILES string of the molecule is CSc1ccc(N2CC(C(=O)NC(c3cccs3)C(C)C)CC2=O)cc1. The van der Waals surface area contributed by atoms with Gasteiger partial charge in [-0.3, -0.25) is 9.59 Å². The molecule has 1 fully saturated rings. The number of nitrogens with zero attached hydrogens (tertiary/aromatic N) is 1. The number of anilines is 1. The molecule has 2 unspecified atom stereocenters. The van der Waals surface area contributed by atoms with Crippen LogP contribution in [0, 0.1) is 11.8 Å². The number of hydrogen-bond acceptors (Lipinski definition) is 4. The van der Waals surface area contributed by atoms with Crippen molar-refractivity contribution in [2.45, 2.75) is 31.2 Å². The molecule has 1 aliphatic heterocycles. The summed E-state index contributed by atoms with van der Waals surface area (Å²) in [4.78, 5) is 29.3.